The zero-order valence-electron chi connectivity index (χ0n) is 11.2. The quantitative estimate of drug-likeness (QED) is 0.714. The van der Waals surface area contributed by atoms with E-state index in [-0.39, 0.29) is 6.04 Å². The standard InChI is InChI=1S/C16H16BrCl2N/c1-2-20-16(7-11-3-5-14(18)6-4-11)12-8-13(17)10-15(19)9-12/h3-6,8-10,16,20H,2,7H2,1H3. The maximum Gasteiger partial charge on any atom is 0.0420 e. The highest BCUT2D eigenvalue weighted by Gasteiger charge is 2.12. The van der Waals surface area contributed by atoms with Crippen LogP contribution in [0.1, 0.15) is 24.1 Å². The van der Waals surface area contributed by atoms with E-state index < -0.39 is 0 Å². The molecule has 2 aromatic rings. The van der Waals surface area contributed by atoms with E-state index >= 15 is 0 Å². The predicted molar refractivity (Wildman–Crippen MR) is 90.7 cm³/mol. The van der Waals surface area contributed by atoms with E-state index in [0.29, 0.717) is 0 Å². The SMILES string of the molecule is CCNC(Cc1ccc(Cl)cc1)c1cc(Cl)cc(Br)c1. The molecule has 0 spiro atoms. The van der Waals surface area contributed by atoms with Crippen LogP contribution in [0.3, 0.4) is 0 Å². The van der Waals surface area contributed by atoms with Crippen LogP contribution in [-0.4, -0.2) is 6.54 Å². The van der Waals surface area contributed by atoms with Crippen LogP contribution in [0.5, 0.6) is 0 Å². The maximum absolute atomic E-state index is 6.14. The van der Waals surface area contributed by atoms with E-state index in [9.17, 15) is 0 Å². The second-order valence-corrected chi connectivity index (χ2v) is 6.43. The Morgan fingerprint density at radius 1 is 1.05 bits per heavy atom. The molecular weight excluding hydrogens is 357 g/mol. The largest absolute Gasteiger partial charge is 0.310 e. The van der Waals surface area contributed by atoms with Crippen molar-refractivity contribution >= 4 is 39.1 Å². The maximum atomic E-state index is 6.14. The van der Waals surface area contributed by atoms with E-state index in [1.54, 1.807) is 0 Å². The molecule has 106 valence electrons. The molecule has 0 aliphatic rings. The van der Waals surface area contributed by atoms with Gasteiger partial charge >= 0.3 is 0 Å². The van der Waals surface area contributed by atoms with Crippen molar-refractivity contribution < 1.29 is 0 Å². The van der Waals surface area contributed by atoms with E-state index in [1.165, 1.54) is 11.1 Å². The zero-order chi connectivity index (χ0) is 14.5. The Morgan fingerprint density at radius 3 is 2.35 bits per heavy atom. The molecular formula is C16H16BrCl2N. The second kappa shape index (κ2) is 7.46. The molecule has 0 bridgehead atoms. The van der Waals surface area contributed by atoms with Gasteiger partial charge in [-0.3, -0.25) is 0 Å². The molecule has 0 amide bonds. The lowest BCUT2D eigenvalue weighted by atomic mass is 9.99. The summed E-state index contributed by atoms with van der Waals surface area (Å²) >= 11 is 15.6. The third-order valence-electron chi connectivity index (χ3n) is 3.09. The number of benzene rings is 2. The van der Waals surface area contributed by atoms with E-state index in [0.717, 1.165) is 27.5 Å². The van der Waals surface area contributed by atoms with Crippen LogP contribution in [0.15, 0.2) is 46.9 Å². The molecule has 2 aromatic carbocycles. The van der Waals surface area contributed by atoms with Crippen LogP contribution in [0.25, 0.3) is 0 Å². The first kappa shape index (κ1) is 15.8. The summed E-state index contributed by atoms with van der Waals surface area (Å²) in [5, 5.41) is 5.01. The fraction of sp³-hybridized carbons (Fsp3) is 0.250. The molecule has 0 saturated carbocycles. The molecule has 0 aliphatic heterocycles. The van der Waals surface area contributed by atoms with Crippen molar-refractivity contribution in [1.82, 2.24) is 5.32 Å². The van der Waals surface area contributed by atoms with Gasteiger partial charge in [-0.2, -0.15) is 0 Å². The lowest BCUT2D eigenvalue weighted by molar-refractivity contribution is 0.549. The normalized spacial score (nSPS) is 12.4. The molecule has 1 N–H and O–H groups in total. The van der Waals surface area contributed by atoms with Gasteiger partial charge in [0.25, 0.3) is 0 Å². The number of rotatable bonds is 5. The first-order valence-corrected chi connectivity index (χ1v) is 8.07. The molecule has 1 nitrogen and oxygen atoms in total. The van der Waals surface area contributed by atoms with Gasteiger partial charge in [-0.25, -0.2) is 0 Å². The summed E-state index contributed by atoms with van der Waals surface area (Å²) in [5.74, 6) is 0. The van der Waals surface area contributed by atoms with Gasteiger partial charge < -0.3 is 5.32 Å². The van der Waals surface area contributed by atoms with Crippen molar-refractivity contribution in [2.75, 3.05) is 6.54 Å². The number of nitrogens with one attached hydrogen (secondary N) is 1. The highest BCUT2D eigenvalue weighted by atomic mass is 79.9. The minimum absolute atomic E-state index is 0.233. The highest BCUT2D eigenvalue weighted by Crippen LogP contribution is 2.26. The van der Waals surface area contributed by atoms with Crippen LogP contribution in [0.2, 0.25) is 10.0 Å². The first-order chi connectivity index (χ1) is 9.58. The van der Waals surface area contributed by atoms with Gasteiger partial charge in [-0.05, 0) is 54.4 Å². The van der Waals surface area contributed by atoms with Crippen LogP contribution in [0, 0.1) is 0 Å². The molecule has 0 radical (unpaired) electrons. The van der Waals surface area contributed by atoms with Crippen LogP contribution in [-0.2, 0) is 6.42 Å². The average Bonchev–Trinajstić information content (AvgIpc) is 2.39. The molecule has 4 heteroatoms. The molecule has 0 fully saturated rings. The van der Waals surface area contributed by atoms with Gasteiger partial charge in [-0.15, -0.1) is 0 Å². The fourth-order valence-corrected chi connectivity index (χ4v) is 3.20. The Bertz CT molecular complexity index is 549. The third kappa shape index (κ3) is 4.49. The van der Waals surface area contributed by atoms with Crippen LogP contribution in [0.4, 0.5) is 0 Å². The van der Waals surface area contributed by atoms with Gasteiger partial charge in [0.05, 0.1) is 0 Å². The van der Waals surface area contributed by atoms with Gasteiger partial charge in [0.1, 0.15) is 0 Å². The Hall–Kier alpha value is -0.540. The lowest BCUT2D eigenvalue weighted by Gasteiger charge is -2.19. The molecule has 0 saturated heterocycles. The molecule has 0 aromatic heterocycles. The predicted octanol–water partition coefficient (Wildman–Crippen LogP) is 5.65. The summed E-state index contributed by atoms with van der Waals surface area (Å²) in [7, 11) is 0. The Labute approximate surface area is 138 Å². The van der Waals surface area contributed by atoms with Crippen molar-refractivity contribution in [1.29, 1.82) is 0 Å². The highest BCUT2D eigenvalue weighted by molar-refractivity contribution is 9.10. The van der Waals surface area contributed by atoms with Crippen LogP contribution >= 0.6 is 39.1 Å². The Morgan fingerprint density at radius 2 is 1.75 bits per heavy atom. The fourth-order valence-electron chi connectivity index (χ4n) is 2.19. The summed E-state index contributed by atoms with van der Waals surface area (Å²) in [6, 6.07) is 14.2. The summed E-state index contributed by atoms with van der Waals surface area (Å²) in [6.45, 7) is 3.01. The number of hydrogen-bond donors (Lipinski definition) is 1. The summed E-state index contributed by atoms with van der Waals surface area (Å²) in [6.07, 6.45) is 0.901. The minimum Gasteiger partial charge on any atom is -0.310 e. The van der Waals surface area contributed by atoms with Crippen molar-refractivity contribution in [3.63, 3.8) is 0 Å². The second-order valence-electron chi connectivity index (χ2n) is 4.64. The Kier molecular flexibility index (Phi) is 5.91. The average molecular weight is 373 g/mol. The minimum atomic E-state index is 0.233. The molecule has 1 atom stereocenters. The molecule has 0 heterocycles. The molecule has 2 rings (SSSR count). The van der Waals surface area contributed by atoms with Crippen molar-refractivity contribution in [2.24, 2.45) is 0 Å². The van der Waals surface area contributed by atoms with E-state index in [2.05, 4.69) is 46.4 Å². The van der Waals surface area contributed by atoms with Gasteiger partial charge in [0, 0.05) is 20.6 Å². The van der Waals surface area contributed by atoms with Gasteiger partial charge in [0.2, 0.25) is 0 Å². The van der Waals surface area contributed by atoms with Crippen molar-refractivity contribution in [2.45, 2.75) is 19.4 Å². The third-order valence-corrected chi connectivity index (χ3v) is 4.02. The molecule has 0 aliphatic carbocycles. The van der Waals surface area contributed by atoms with E-state index in [1.807, 2.05) is 24.3 Å². The first-order valence-electron chi connectivity index (χ1n) is 6.52. The number of hydrogen-bond acceptors (Lipinski definition) is 1. The lowest BCUT2D eigenvalue weighted by Crippen LogP contribution is -2.23. The summed E-state index contributed by atoms with van der Waals surface area (Å²) < 4.78 is 0.999. The van der Waals surface area contributed by atoms with Crippen molar-refractivity contribution in [3.8, 4) is 0 Å². The number of likely N-dealkylation sites (N-methyl/N-ethyl adjacent to an activating group) is 1. The van der Waals surface area contributed by atoms with Gasteiger partial charge in [-0.1, -0.05) is 58.2 Å². The van der Waals surface area contributed by atoms with Crippen molar-refractivity contribution in [3.05, 3.63) is 68.1 Å². The summed E-state index contributed by atoms with van der Waals surface area (Å²) in [5.41, 5.74) is 2.43. The number of halogens is 3. The molecule has 20 heavy (non-hydrogen) atoms. The zero-order valence-corrected chi connectivity index (χ0v) is 14.3. The molecule has 1 unspecified atom stereocenters. The smallest absolute Gasteiger partial charge is 0.0420 e. The van der Waals surface area contributed by atoms with Crippen LogP contribution < -0.4 is 5.32 Å². The Balaban J connectivity index is 2.23. The van der Waals surface area contributed by atoms with E-state index in [4.69, 9.17) is 23.2 Å². The topological polar surface area (TPSA) is 12.0 Å². The monoisotopic (exact) mass is 371 g/mol. The van der Waals surface area contributed by atoms with Gasteiger partial charge in [0.15, 0.2) is 0 Å². The summed E-state index contributed by atoms with van der Waals surface area (Å²) in [4.78, 5) is 0.